The first-order valence-electron chi connectivity index (χ1n) is 19.6. The second-order valence-corrected chi connectivity index (χ2v) is 16.5. The number of aryl methyl sites for hydroxylation is 1. The van der Waals surface area contributed by atoms with Gasteiger partial charge in [-0.15, -0.1) is 0 Å². The van der Waals surface area contributed by atoms with Crippen LogP contribution in [0.5, 0.6) is 11.5 Å². The summed E-state index contributed by atoms with van der Waals surface area (Å²) in [6.45, 7) is 9.27. The van der Waals surface area contributed by atoms with Gasteiger partial charge < -0.3 is 19.7 Å². The van der Waals surface area contributed by atoms with Gasteiger partial charge in [0.15, 0.2) is 17.1 Å². The van der Waals surface area contributed by atoms with Crippen molar-refractivity contribution in [1.29, 1.82) is 0 Å². The van der Waals surface area contributed by atoms with Crippen molar-refractivity contribution in [3.8, 4) is 22.8 Å². The summed E-state index contributed by atoms with van der Waals surface area (Å²) in [6, 6.07) is 19.8. The molecule has 1 aliphatic heterocycles. The van der Waals surface area contributed by atoms with Gasteiger partial charge >= 0.3 is 13.9 Å². The maximum atomic E-state index is 14.2. The molecule has 7 rings (SSSR count). The number of nitrogens with zero attached hydrogens (tertiary/aromatic N) is 5. The molecule has 0 aliphatic carbocycles. The second-order valence-electron chi connectivity index (χ2n) is 15.1. The van der Waals surface area contributed by atoms with Gasteiger partial charge in [-0.1, -0.05) is 56.3 Å². The quantitative estimate of drug-likeness (QED) is 0.0320. The lowest BCUT2D eigenvalue weighted by molar-refractivity contribution is -0.335. The van der Waals surface area contributed by atoms with Gasteiger partial charge in [-0.25, -0.2) is 28.3 Å². The summed E-state index contributed by atoms with van der Waals surface area (Å²) in [7, 11) is -3.09. The zero-order chi connectivity index (χ0) is 42.6. The molecule has 60 heavy (non-hydrogen) atoms. The molecular formula is C43H49N6O10P. The Hall–Kier alpha value is -5.61. The lowest BCUT2D eigenvalue weighted by Gasteiger charge is -2.31. The van der Waals surface area contributed by atoms with E-state index in [0.717, 1.165) is 64.8 Å². The maximum absolute atomic E-state index is 14.2. The van der Waals surface area contributed by atoms with E-state index in [1.807, 2.05) is 32.2 Å². The normalized spacial score (nSPS) is 14.8. The second kappa shape index (κ2) is 18.3. The van der Waals surface area contributed by atoms with Crippen LogP contribution in [0.15, 0.2) is 79.3 Å². The van der Waals surface area contributed by atoms with Crippen LogP contribution in [0.3, 0.4) is 0 Å². The summed E-state index contributed by atoms with van der Waals surface area (Å²) in [4.78, 5) is 53.4. The number of nitrogens with two attached hydrogens (primary N) is 1. The van der Waals surface area contributed by atoms with Gasteiger partial charge in [0.05, 0.1) is 31.5 Å². The number of piperidine rings is 1. The number of phosphoric ester groups is 1. The Morgan fingerprint density at radius 1 is 0.950 bits per heavy atom. The minimum atomic E-state index is -4.48. The number of carbonyl (C=O) groups excluding carboxylic acids is 2. The minimum Gasteiger partial charge on any atom is -0.493 e. The summed E-state index contributed by atoms with van der Waals surface area (Å²) in [5.41, 5.74) is 13.7. The molecule has 0 saturated carbocycles. The molecule has 316 valence electrons. The van der Waals surface area contributed by atoms with Gasteiger partial charge in [0.25, 0.3) is 0 Å². The molecule has 0 bridgehead atoms. The first-order valence-corrected chi connectivity index (χ1v) is 21.1. The number of fused-ring (bicyclic) bond motifs is 2. The minimum absolute atomic E-state index is 0.00313. The Kier molecular flexibility index (Phi) is 13.0. The van der Waals surface area contributed by atoms with Crippen LogP contribution in [0.4, 0.5) is 4.79 Å². The summed E-state index contributed by atoms with van der Waals surface area (Å²) in [6.07, 6.45) is 4.49. The number of rotatable bonds is 16. The summed E-state index contributed by atoms with van der Waals surface area (Å²) >= 11 is 0. The van der Waals surface area contributed by atoms with Crippen molar-refractivity contribution >= 4 is 36.4 Å². The van der Waals surface area contributed by atoms with Crippen molar-refractivity contribution in [1.82, 2.24) is 24.1 Å². The predicted octanol–water partition coefficient (Wildman–Crippen LogP) is 7.55. The zero-order valence-corrected chi connectivity index (χ0v) is 35.1. The molecule has 6 aromatic rings. The first-order chi connectivity index (χ1) is 28.8. The van der Waals surface area contributed by atoms with Crippen LogP contribution in [0.25, 0.3) is 27.8 Å². The highest BCUT2D eigenvalue weighted by atomic mass is 31.2. The first kappa shape index (κ1) is 42.5. The number of hydrogen-bond donors (Lipinski definition) is 2. The SMILES string of the molecule is COc1cc(COOCOC(=O)n2c(-c3cn4ncnc4c(C)c3C)c(C(C)C)c3cc(C4CCN(CC(N)=O)CC4)ccc32)ccc1OP(=O)(O)OCc1ccccc1. The number of aromatic nitrogens is 4. The smallest absolute Gasteiger partial charge is 0.493 e. The number of pyridine rings is 1. The fourth-order valence-electron chi connectivity index (χ4n) is 7.75. The number of carbonyl (C=O) groups is 2. The molecule has 0 radical (unpaired) electrons. The van der Waals surface area contributed by atoms with Gasteiger partial charge in [0, 0.05) is 17.1 Å². The zero-order valence-electron chi connectivity index (χ0n) is 34.2. The van der Waals surface area contributed by atoms with E-state index in [4.69, 9.17) is 34.0 Å². The van der Waals surface area contributed by atoms with Gasteiger partial charge in [0.1, 0.15) is 12.9 Å². The Morgan fingerprint density at radius 3 is 2.43 bits per heavy atom. The third-order valence-corrected chi connectivity index (χ3v) is 11.7. The number of benzene rings is 3. The lowest BCUT2D eigenvalue weighted by atomic mass is 9.87. The van der Waals surface area contributed by atoms with Crippen LogP contribution in [0.2, 0.25) is 0 Å². The van der Waals surface area contributed by atoms with Gasteiger partial charge in [-0.05, 0) is 109 Å². The Morgan fingerprint density at radius 2 is 1.72 bits per heavy atom. The van der Waals surface area contributed by atoms with Crippen molar-refractivity contribution < 1.29 is 47.3 Å². The van der Waals surface area contributed by atoms with Gasteiger partial charge in [-0.2, -0.15) is 9.99 Å². The fourth-order valence-corrected chi connectivity index (χ4v) is 8.52. The van der Waals surface area contributed by atoms with Crippen molar-refractivity contribution in [3.05, 3.63) is 113 Å². The third-order valence-electron chi connectivity index (χ3n) is 10.8. The summed E-state index contributed by atoms with van der Waals surface area (Å²) in [5.74, 6) is 0.119. The highest BCUT2D eigenvalue weighted by Crippen LogP contribution is 2.48. The number of amides is 1. The van der Waals surface area contributed by atoms with E-state index in [0.29, 0.717) is 22.3 Å². The highest BCUT2D eigenvalue weighted by Gasteiger charge is 2.30. The molecular weight excluding hydrogens is 791 g/mol. The number of likely N-dealkylation sites (tertiary alicyclic amines) is 1. The Bertz CT molecular complexity index is 2550. The molecule has 1 saturated heterocycles. The van der Waals surface area contributed by atoms with E-state index < -0.39 is 20.7 Å². The number of hydrogen-bond acceptors (Lipinski definition) is 12. The topological polar surface area (TPSA) is 191 Å². The largest absolute Gasteiger partial charge is 0.527 e. The van der Waals surface area contributed by atoms with Crippen LogP contribution >= 0.6 is 7.82 Å². The number of phosphoric acid groups is 1. The highest BCUT2D eigenvalue weighted by molar-refractivity contribution is 7.47. The molecule has 4 heterocycles. The van der Waals surface area contributed by atoms with Crippen molar-refractivity contribution in [3.63, 3.8) is 0 Å². The Balaban J connectivity index is 1.08. The third kappa shape index (κ3) is 9.39. The van der Waals surface area contributed by atoms with E-state index >= 15 is 0 Å². The van der Waals surface area contributed by atoms with E-state index in [1.54, 1.807) is 45.5 Å². The average Bonchev–Trinajstić information content (AvgIpc) is 3.85. The van der Waals surface area contributed by atoms with E-state index in [-0.39, 0.29) is 49.0 Å². The predicted molar refractivity (Wildman–Crippen MR) is 222 cm³/mol. The Labute approximate surface area is 347 Å². The van der Waals surface area contributed by atoms with E-state index in [2.05, 4.69) is 41.0 Å². The fraction of sp³-hybridized carbons (Fsp3) is 0.349. The summed E-state index contributed by atoms with van der Waals surface area (Å²) < 4.78 is 37.5. The number of ether oxygens (including phenoxy) is 2. The molecule has 1 unspecified atom stereocenters. The van der Waals surface area contributed by atoms with Crippen molar-refractivity contribution in [2.45, 2.75) is 65.6 Å². The van der Waals surface area contributed by atoms with Crippen molar-refractivity contribution in [2.75, 3.05) is 33.5 Å². The van der Waals surface area contributed by atoms with Crippen LogP contribution in [0, 0.1) is 13.8 Å². The van der Waals surface area contributed by atoms with E-state index in [9.17, 15) is 19.0 Å². The molecule has 1 amide bonds. The molecule has 1 aliphatic rings. The molecule has 17 heteroatoms. The molecule has 3 aromatic heterocycles. The molecule has 3 aromatic carbocycles. The number of primary amides is 1. The lowest BCUT2D eigenvalue weighted by Crippen LogP contribution is -2.39. The van der Waals surface area contributed by atoms with Gasteiger partial charge in [0.2, 0.25) is 12.7 Å². The van der Waals surface area contributed by atoms with Gasteiger partial charge in [-0.3, -0.25) is 19.1 Å². The molecule has 1 fully saturated rings. The molecule has 3 N–H and O–H groups in total. The molecule has 0 spiro atoms. The maximum Gasteiger partial charge on any atom is 0.527 e. The molecule has 1 atom stereocenters. The number of methoxy groups -OCH3 is 1. The van der Waals surface area contributed by atoms with Crippen molar-refractivity contribution in [2.24, 2.45) is 5.73 Å². The van der Waals surface area contributed by atoms with Crippen LogP contribution in [-0.2, 0) is 41.6 Å². The van der Waals surface area contributed by atoms with Crippen LogP contribution in [0.1, 0.15) is 71.9 Å². The van der Waals surface area contributed by atoms with Crippen LogP contribution in [-0.4, -0.2) is 74.5 Å². The van der Waals surface area contributed by atoms with E-state index in [1.165, 1.54) is 19.5 Å². The monoisotopic (exact) mass is 840 g/mol. The standard InChI is InChI=1S/C43H49N6O10P/c1-27(2)40-34-20-33(32-15-17-47(18-16-32)22-39(44)50)12-13-36(34)49(41(40)35-21-48-42(45-25-46-48)29(4)28(35)3)43(51)55-26-57-56-23-31-11-14-37(38(19-31)54-5)59-60(52,53)58-24-30-9-7-6-8-10-30/h6-14,19-21,25,27,32H,15-18,22-24,26H2,1-5H3,(H2,44,50)(H,52,53). The van der Waals surface area contributed by atoms with Crippen LogP contribution < -0.4 is 15.0 Å². The molecule has 16 nitrogen and oxygen atoms in total. The summed E-state index contributed by atoms with van der Waals surface area (Å²) in [5, 5.41) is 5.35. The average molecular weight is 841 g/mol.